The average Bonchev–Trinajstić information content (AvgIpc) is 3.27. The highest BCUT2D eigenvalue weighted by molar-refractivity contribution is 5.80. The van der Waals surface area contributed by atoms with Crippen LogP contribution in [0.3, 0.4) is 0 Å². The van der Waals surface area contributed by atoms with Gasteiger partial charge < -0.3 is 15.4 Å². The van der Waals surface area contributed by atoms with Gasteiger partial charge in [-0.1, -0.05) is 32.0 Å². The molecule has 0 unspecified atom stereocenters. The molecular formula is C17H27N3O. The summed E-state index contributed by atoms with van der Waals surface area (Å²) in [7, 11) is 0. The lowest BCUT2D eigenvalue weighted by Crippen LogP contribution is -2.38. The Labute approximate surface area is 128 Å². The van der Waals surface area contributed by atoms with Crippen molar-refractivity contribution in [1.82, 2.24) is 10.6 Å². The van der Waals surface area contributed by atoms with Crippen molar-refractivity contribution in [2.45, 2.75) is 46.2 Å². The molecule has 4 nitrogen and oxygen atoms in total. The van der Waals surface area contributed by atoms with Crippen LogP contribution in [0, 0.1) is 5.92 Å². The molecule has 0 saturated heterocycles. The van der Waals surface area contributed by atoms with Crippen LogP contribution in [0.1, 0.15) is 39.2 Å². The van der Waals surface area contributed by atoms with Gasteiger partial charge in [-0.05, 0) is 31.7 Å². The summed E-state index contributed by atoms with van der Waals surface area (Å²) in [5, 5.41) is 6.72. The lowest BCUT2D eigenvalue weighted by atomic mass is 10.2. The van der Waals surface area contributed by atoms with Gasteiger partial charge in [-0.3, -0.25) is 0 Å². The Balaban J connectivity index is 1.99. The number of aliphatic imine (C=N–C) groups is 1. The van der Waals surface area contributed by atoms with E-state index in [4.69, 9.17) is 4.74 Å². The zero-order valence-electron chi connectivity index (χ0n) is 13.4. The monoisotopic (exact) mass is 289 g/mol. The largest absolute Gasteiger partial charge is 0.493 e. The van der Waals surface area contributed by atoms with Crippen molar-refractivity contribution < 1.29 is 4.74 Å². The fourth-order valence-corrected chi connectivity index (χ4v) is 1.94. The van der Waals surface area contributed by atoms with Gasteiger partial charge in [0, 0.05) is 18.2 Å². The Hall–Kier alpha value is -1.71. The van der Waals surface area contributed by atoms with E-state index in [1.54, 1.807) is 0 Å². The second-order valence-electron chi connectivity index (χ2n) is 5.93. The zero-order valence-corrected chi connectivity index (χ0v) is 13.4. The van der Waals surface area contributed by atoms with Gasteiger partial charge in [0.1, 0.15) is 5.75 Å². The van der Waals surface area contributed by atoms with Crippen molar-refractivity contribution in [3.8, 4) is 5.75 Å². The number of guanidine groups is 1. The molecule has 0 spiro atoms. The molecular weight excluding hydrogens is 262 g/mol. The molecule has 0 radical (unpaired) electrons. The van der Waals surface area contributed by atoms with Gasteiger partial charge in [0.05, 0.1) is 13.2 Å². The first-order valence-electron chi connectivity index (χ1n) is 7.94. The minimum absolute atomic E-state index is 0.524. The van der Waals surface area contributed by atoms with E-state index in [2.05, 4.69) is 42.5 Å². The molecule has 0 heterocycles. The van der Waals surface area contributed by atoms with Gasteiger partial charge in [-0.25, -0.2) is 4.99 Å². The quantitative estimate of drug-likeness (QED) is 0.599. The van der Waals surface area contributed by atoms with Crippen molar-refractivity contribution in [2.24, 2.45) is 10.9 Å². The van der Waals surface area contributed by atoms with Gasteiger partial charge in [0.25, 0.3) is 0 Å². The van der Waals surface area contributed by atoms with Crippen LogP contribution in [0.4, 0.5) is 0 Å². The van der Waals surface area contributed by atoms with Gasteiger partial charge in [0.2, 0.25) is 0 Å². The highest BCUT2D eigenvalue weighted by atomic mass is 16.5. The molecule has 0 aromatic heterocycles. The first-order chi connectivity index (χ1) is 10.2. The summed E-state index contributed by atoms with van der Waals surface area (Å²) in [6.45, 7) is 8.65. The van der Waals surface area contributed by atoms with Crippen molar-refractivity contribution in [2.75, 3.05) is 13.2 Å². The van der Waals surface area contributed by atoms with Crippen molar-refractivity contribution >= 4 is 5.96 Å². The third-order valence-electron chi connectivity index (χ3n) is 3.21. The summed E-state index contributed by atoms with van der Waals surface area (Å²) < 4.78 is 5.87. The maximum atomic E-state index is 5.87. The summed E-state index contributed by atoms with van der Waals surface area (Å²) in [6.07, 6.45) is 2.50. The standard InChI is InChI=1S/C17H27N3O/c1-4-18-17(20-15-9-10-15)19-11-14-7-5-6-8-16(14)21-12-13(2)3/h5-8,13,15H,4,9-12H2,1-3H3,(H2,18,19,20). The predicted molar refractivity (Wildman–Crippen MR) is 87.7 cm³/mol. The number of para-hydroxylation sites is 1. The fraction of sp³-hybridized carbons (Fsp3) is 0.588. The zero-order chi connectivity index (χ0) is 15.1. The molecule has 1 aromatic carbocycles. The minimum Gasteiger partial charge on any atom is -0.493 e. The van der Waals surface area contributed by atoms with E-state index < -0.39 is 0 Å². The van der Waals surface area contributed by atoms with E-state index in [9.17, 15) is 0 Å². The van der Waals surface area contributed by atoms with Crippen LogP contribution in [0.15, 0.2) is 29.3 Å². The van der Waals surface area contributed by atoms with Crippen LogP contribution in [-0.4, -0.2) is 25.2 Å². The molecule has 4 heteroatoms. The summed E-state index contributed by atoms with van der Waals surface area (Å²) in [4.78, 5) is 4.67. The van der Waals surface area contributed by atoms with Crippen LogP contribution < -0.4 is 15.4 Å². The van der Waals surface area contributed by atoms with Gasteiger partial charge in [0.15, 0.2) is 5.96 Å². The topological polar surface area (TPSA) is 45.7 Å². The summed E-state index contributed by atoms with van der Waals surface area (Å²) in [5.74, 6) is 2.37. The third-order valence-corrected chi connectivity index (χ3v) is 3.21. The molecule has 0 aliphatic heterocycles. The molecule has 2 rings (SSSR count). The summed E-state index contributed by atoms with van der Waals surface area (Å²) >= 11 is 0. The van der Waals surface area contributed by atoms with E-state index in [0.717, 1.165) is 30.4 Å². The average molecular weight is 289 g/mol. The number of hydrogen-bond acceptors (Lipinski definition) is 2. The van der Waals surface area contributed by atoms with E-state index in [0.29, 0.717) is 18.5 Å². The minimum atomic E-state index is 0.524. The van der Waals surface area contributed by atoms with Gasteiger partial charge in [-0.2, -0.15) is 0 Å². The van der Waals surface area contributed by atoms with E-state index in [1.807, 2.05) is 18.2 Å². The van der Waals surface area contributed by atoms with Crippen LogP contribution >= 0.6 is 0 Å². The maximum absolute atomic E-state index is 5.87. The normalized spacial score (nSPS) is 15.1. The fourth-order valence-electron chi connectivity index (χ4n) is 1.94. The van der Waals surface area contributed by atoms with Crippen LogP contribution in [0.25, 0.3) is 0 Å². The van der Waals surface area contributed by atoms with Crippen molar-refractivity contribution in [1.29, 1.82) is 0 Å². The van der Waals surface area contributed by atoms with Crippen molar-refractivity contribution in [3.63, 3.8) is 0 Å². The summed E-state index contributed by atoms with van der Waals surface area (Å²) in [6, 6.07) is 8.76. The number of ether oxygens (including phenoxy) is 1. The first-order valence-corrected chi connectivity index (χ1v) is 7.94. The second kappa shape index (κ2) is 7.91. The second-order valence-corrected chi connectivity index (χ2v) is 5.93. The molecule has 116 valence electrons. The van der Waals surface area contributed by atoms with Crippen LogP contribution in [0.2, 0.25) is 0 Å². The number of rotatable bonds is 7. The Morgan fingerprint density at radius 3 is 2.76 bits per heavy atom. The number of nitrogens with zero attached hydrogens (tertiary/aromatic N) is 1. The van der Waals surface area contributed by atoms with Crippen molar-refractivity contribution in [3.05, 3.63) is 29.8 Å². The first kappa shape index (κ1) is 15.7. The Morgan fingerprint density at radius 2 is 2.10 bits per heavy atom. The molecule has 0 atom stereocenters. The molecule has 0 bridgehead atoms. The molecule has 1 fully saturated rings. The lowest BCUT2D eigenvalue weighted by Gasteiger charge is -2.13. The van der Waals surface area contributed by atoms with Gasteiger partial charge >= 0.3 is 0 Å². The van der Waals surface area contributed by atoms with Gasteiger partial charge in [-0.15, -0.1) is 0 Å². The number of hydrogen-bond donors (Lipinski definition) is 2. The highest BCUT2D eigenvalue weighted by Gasteiger charge is 2.22. The third kappa shape index (κ3) is 5.66. The lowest BCUT2D eigenvalue weighted by molar-refractivity contribution is 0.268. The molecule has 1 aromatic rings. The number of benzene rings is 1. The Kier molecular flexibility index (Phi) is 5.90. The Bertz CT molecular complexity index is 467. The van der Waals surface area contributed by atoms with E-state index in [-0.39, 0.29) is 0 Å². The molecule has 21 heavy (non-hydrogen) atoms. The predicted octanol–water partition coefficient (Wildman–Crippen LogP) is 2.94. The molecule has 1 aliphatic rings. The van der Waals surface area contributed by atoms with E-state index in [1.165, 1.54) is 12.8 Å². The molecule has 1 aliphatic carbocycles. The van der Waals surface area contributed by atoms with Crippen LogP contribution in [-0.2, 0) is 6.54 Å². The summed E-state index contributed by atoms with van der Waals surface area (Å²) in [5.41, 5.74) is 1.13. The number of nitrogens with one attached hydrogen (secondary N) is 2. The maximum Gasteiger partial charge on any atom is 0.191 e. The molecule has 0 amide bonds. The smallest absolute Gasteiger partial charge is 0.191 e. The molecule has 2 N–H and O–H groups in total. The van der Waals surface area contributed by atoms with Crippen LogP contribution in [0.5, 0.6) is 5.75 Å². The SMILES string of the molecule is CCNC(=NCc1ccccc1OCC(C)C)NC1CC1. The Morgan fingerprint density at radius 1 is 1.33 bits per heavy atom. The molecule has 1 saturated carbocycles. The van der Waals surface area contributed by atoms with E-state index >= 15 is 0 Å². The highest BCUT2D eigenvalue weighted by Crippen LogP contribution is 2.20.